The third-order valence-corrected chi connectivity index (χ3v) is 2.93. The van der Waals surface area contributed by atoms with Gasteiger partial charge in [0.1, 0.15) is 5.78 Å². The molecule has 1 nitrogen and oxygen atoms in total. The van der Waals surface area contributed by atoms with Gasteiger partial charge in [-0.25, -0.2) is 0 Å². The molecule has 1 heteroatoms. The number of benzene rings is 1. The zero-order valence-electron chi connectivity index (χ0n) is 8.68. The van der Waals surface area contributed by atoms with Gasteiger partial charge >= 0.3 is 0 Å². The molecule has 0 radical (unpaired) electrons. The number of carbonyl (C=O) groups is 1. The zero-order chi connectivity index (χ0) is 9.97. The first-order valence-electron chi connectivity index (χ1n) is 5.36. The molecule has 0 fully saturated rings. The van der Waals surface area contributed by atoms with E-state index in [-0.39, 0.29) is 5.78 Å². The molecule has 1 aliphatic rings. The van der Waals surface area contributed by atoms with Crippen LogP contribution in [0.25, 0.3) is 0 Å². The molecule has 0 saturated carbocycles. The summed E-state index contributed by atoms with van der Waals surface area (Å²) in [6.45, 7) is 1.66. The first kappa shape index (κ1) is 9.45. The summed E-state index contributed by atoms with van der Waals surface area (Å²) in [4.78, 5) is 10.9. The van der Waals surface area contributed by atoms with Crippen molar-refractivity contribution in [2.24, 2.45) is 0 Å². The summed E-state index contributed by atoms with van der Waals surface area (Å²) in [6.07, 6.45) is 5.35. The molecule has 1 aromatic rings. The third kappa shape index (κ3) is 2.03. The summed E-state index contributed by atoms with van der Waals surface area (Å²) in [5.41, 5.74) is 4.34. The molecule has 0 atom stereocenters. The van der Waals surface area contributed by atoms with E-state index in [0.29, 0.717) is 6.42 Å². The Kier molecular flexibility index (Phi) is 2.67. The maximum atomic E-state index is 10.9. The molecule has 0 heterocycles. The van der Waals surface area contributed by atoms with Gasteiger partial charge in [0.25, 0.3) is 0 Å². The highest BCUT2D eigenvalue weighted by molar-refractivity contribution is 5.75. The first-order chi connectivity index (χ1) is 6.75. The second-order valence-electron chi connectivity index (χ2n) is 4.16. The number of hydrogen-bond acceptors (Lipinski definition) is 1. The van der Waals surface area contributed by atoms with Crippen LogP contribution in [0.5, 0.6) is 0 Å². The van der Waals surface area contributed by atoms with Crippen molar-refractivity contribution < 1.29 is 4.79 Å². The highest BCUT2D eigenvalue weighted by Crippen LogP contribution is 2.23. The Labute approximate surface area is 85.1 Å². The maximum absolute atomic E-state index is 10.9. The average Bonchev–Trinajstić information content (AvgIpc) is 2.61. The number of carbonyl (C=O) groups excluding carboxylic acids is 1. The van der Waals surface area contributed by atoms with E-state index in [2.05, 4.69) is 18.2 Å². The lowest BCUT2D eigenvalue weighted by Crippen LogP contribution is -1.95. The summed E-state index contributed by atoms with van der Waals surface area (Å²) < 4.78 is 0. The minimum Gasteiger partial charge on any atom is -0.300 e. The fraction of sp³-hybridized carbons (Fsp3) is 0.462. The molecule has 0 unspecified atom stereocenters. The lowest BCUT2D eigenvalue weighted by atomic mass is 10.0. The standard InChI is InChI=1S/C13H16O/c1-10(14)5-6-11-7-8-12-3-2-4-13(12)9-11/h7-9H,2-6H2,1H3. The van der Waals surface area contributed by atoms with Gasteiger partial charge in [-0.05, 0) is 49.3 Å². The molecule has 0 amide bonds. The number of fused-ring (bicyclic) bond motifs is 1. The van der Waals surface area contributed by atoms with E-state index >= 15 is 0 Å². The van der Waals surface area contributed by atoms with Crippen molar-refractivity contribution in [3.8, 4) is 0 Å². The molecule has 1 aliphatic carbocycles. The van der Waals surface area contributed by atoms with Crippen LogP contribution in [0.4, 0.5) is 0 Å². The minimum atomic E-state index is 0.283. The minimum absolute atomic E-state index is 0.283. The van der Waals surface area contributed by atoms with Gasteiger partial charge in [0.2, 0.25) is 0 Å². The van der Waals surface area contributed by atoms with Crippen LogP contribution in [0.3, 0.4) is 0 Å². The summed E-state index contributed by atoms with van der Waals surface area (Å²) in [6, 6.07) is 6.69. The van der Waals surface area contributed by atoms with Gasteiger partial charge < -0.3 is 4.79 Å². The summed E-state index contributed by atoms with van der Waals surface area (Å²) in [7, 11) is 0. The Hall–Kier alpha value is -1.11. The predicted octanol–water partition coefficient (Wildman–Crippen LogP) is 2.70. The van der Waals surface area contributed by atoms with Crippen molar-refractivity contribution in [3.63, 3.8) is 0 Å². The van der Waals surface area contributed by atoms with Crippen LogP contribution in [0, 0.1) is 0 Å². The molecule has 0 aromatic heterocycles. The first-order valence-corrected chi connectivity index (χ1v) is 5.36. The number of ketones is 1. The Morgan fingerprint density at radius 3 is 2.86 bits per heavy atom. The van der Waals surface area contributed by atoms with E-state index in [1.165, 1.54) is 36.0 Å². The fourth-order valence-electron chi connectivity index (χ4n) is 2.10. The van der Waals surface area contributed by atoms with E-state index in [0.717, 1.165) is 6.42 Å². The van der Waals surface area contributed by atoms with Crippen molar-refractivity contribution in [3.05, 3.63) is 34.9 Å². The molecular formula is C13H16O. The largest absolute Gasteiger partial charge is 0.300 e. The topological polar surface area (TPSA) is 17.1 Å². The van der Waals surface area contributed by atoms with Gasteiger partial charge in [-0.3, -0.25) is 0 Å². The van der Waals surface area contributed by atoms with Gasteiger partial charge in [-0.1, -0.05) is 18.2 Å². The van der Waals surface area contributed by atoms with Crippen LogP contribution < -0.4 is 0 Å². The Morgan fingerprint density at radius 2 is 2.07 bits per heavy atom. The van der Waals surface area contributed by atoms with E-state index in [9.17, 15) is 4.79 Å². The maximum Gasteiger partial charge on any atom is 0.130 e. The molecule has 14 heavy (non-hydrogen) atoms. The average molecular weight is 188 g/mol. The van der Waals surface area contributed by atoms with E-state index in [1.807, 2.05) is 0 Å². The number of Topliss-reactive ketones (excluding diaryl/α,β-unsaturated/α-hetero) is 1. The number of hydrogen-bond donors (Lipinski definition) is 0. The van der Waals surface area contributed by atoms with E-state index < -0.39 is 0 Å². The van der Waals surface area contributed by atoms with E-state index in [1.54, 1.807) is 6.92 Å². The SMILES string of the molecule is CC(=O)CCc1ccc2c(c1)CCC2. The van der Waals surface area contributed by atoms with Gasteiger partial charge in [-0.15, -0.1) is 0 Å². The van der Waals surface area contributed by atoms with Crippen LogP contribution in [0.1, 0.15) is 36.5 Å². The van der Waals surface area contributed by atoms with Gasteiger partial charge in [0, 0.05) is 6.42 Å². The monoisotopic (exact) mass is 188 g/mol. The summed E-state index contributed by atoms with van der Waals surface area (Å²) >= 11 is 0. The highest BCUT2D eigenvalue weighted by Gasteiger charge is 2.10. The van der Waals surface area contributed by atoms with Crippen LogP contribution in [-0.4, -0.2) is 5.78 Å². The smallest absolute Gasteiger partial charge is 0.130 e. The molecular weight excluding hydrogens is 172 g/mol. The summed E-state index contributed by atoms with van der Waals surface area (Å²) in [5.74, 6) is 0.283. The zero-order valence-corrected chi connectivity index (χ0v) is 8.68. The van der Waals surface area contributed by atoms with Crippen LogP contribution in [-0.2, 0) is 24.1 Å². The molecule has 0 N–H and O–H groups in total. The molecule has 0 spiro atoms. The third-order valence-electron chi connectivity index (χ3n) is 2.93. The molecule has 1 aromatic carbocycles. The quantitative estimate of drug-likeness (QED) is 0.712. The van der Waals surface area contributed by atoms with Gasteiger partial charge in [0.05, 0.1) is 0 Å². The Balaban J connectivity index is 2.09. The predicted molar refractivity (Wildman–Crippen MR) is 57.5 cm³/mol. The van der Waals surface area contributed by atoms with Crippen molar-refractivity contribution in [2.75, 3.05) is 0 Å². The van der Waals surface area contributed by atoms with Crippen LogP contribution in [0.2, 0.25) is 0 Å². The van der Waals surface area contributed by atoms with Crippen molar-refractivity contribution in [1.29, 1.82) is 0 Å². The second kappa shape index (κ2) is 3.95. The molecule has 0 aliphatic heterocycles. The van der Waals surface area contributed by atoms with Crippen molar-refractivity contribution >= 4 is 5.78 Å². The lowest BCUT2D eigenvalue weighted by molar-refractivity contribution is -0.116. The molecule has 0 saturated heterocycles. The van der Waals surface area contributed by atoms with Crippen LogP contribution >= 0.6 is 0 Å². The molecule has 74 valence electrons. The fourth-order valence-corrected chi connectivity index (χ4v) is 2.10. The van der Waals surface area contributed by atoms with Crippen LogP contribution in [0.15, 0.2) is 18.2 Å². The number of rotatable bonds is 3. The Bertz CT molecular complexity index is 352. The lowest BCUT2D eigenvalue weighted by Gasteiger charge is -2.03. The van der Waals surface area contributed by atoms with E-state index in [4.69, 9.17) is 0 Å². The normalized spacial score (nSPS) is 14.1. The highest BCUT2D eigenvalue weighted by atomic mass is 16.1. The van der Waals surface area contributed by atoms with Gasteiger partial charge in [0.15, 0.2) is 0 Å². The number of aryl methyl sites for hydroxylation is 3. The second-order valence-corrected chi connectivity index (χ2v) is 4.16. The van der Waals surface area contributed by atoms with Crippen molar-refractivity contribution in [2.45, 2.75) is 39.0 Å². The Morgan fingerprint density at radius 1 is 1.29 bits per heavy atom. The van der Waals surface area contributed by atoms with Gasteiger partial charge in [-0.2, -0.15) is 0 Å². The molecule has 0 bridgehead atoms. The summed E-state index contributed by atoms with van der Waals surface area (Å²) in [5, 5.41) is 0. The van der Waals surface area contributed by atoms with Crippen molar-refractivity contribution in [1.82, 2.24) is 0 Å². The molecule has 2 rings (SSSR count).